The van der Waals surface area contributed by atoms with E-state index >= 15 is 0 Å². The molecule has 0 bridgehead atoms. The minimum atomic E-state index is 0.0294. The molecular formula is C14H23N3O. The highest BCUT2D eigenvalue weighted by Crippen LogP contribution is 2.26. The first kappa shape index (κ1) is 14.5. The van der Waals surface area contributed by atoms with Gasteiger partial charge in [0, 0.05) is 44.3 Å². The van der Waals surface area contributed by atoms with Crippen molar-refractivity contribution in [3.05, 3.63) is 23.0 Å². The molecule has 0 saturated heterocycles. The van der Waals surface area contributed by atoms with Gasteiger partial charge in [0.05, 0.1) is 5.57 Å². The Bertz CT molecular complexity index is 428. The van der Waals surface area contributed by atoms with Gasteiger partial charge in [-0.3, -0.25) is 9.79 Å². The van der Waals surface area contributed by atoms with Gasteiger partial charge in [-0.05, 0) is 18.8 Å². The van der Waals surface area contributed by atoms with E-state index in [4.69, 9.17) is 5.73 Å². The van der Waals surface area contributed by atoms with Gasteiger partial charge in [0.2, 0.25) is 0 Å². The summed E-state index contributed by atoms with van der Waals surface area (Å²) in [6, 6.07) is 0. The molecule has 0 fully saturated rings. The highest BCUT2D eigenvalue weighted by Gasteiger charge is 2.28. The van der Waals surface area contributed by atoms with Crippen LogP contribution >= 0.6 is 0 Å². The second kappa shape index (κ2) is 5.85. The van der Waals surface area contributed by atoms with Gasteiger partial charge in [-0.15, -0.1) is 0 Å². The van der Waals surface area contributed by atoms with Crippen molar-refractivity contribution < 1.29 is 4.79 Å². The lowest BCUT2D eigenvalue weighted by Gasteiger charge is -2.23. The number of nitrogens with zero attached hydrogens (tertiary/aromatic N) is 2. The first-order valence-corrected chi connectivity index (χ1v) is 6.26. The summed E-state index contributed by atoms with van der Waals surface area (Å²) in [4.78, 5) is 18.6. The molecule has 0 spiro atoms. The van der Waals surface area contributed by atoms with Crippen molar-refractivity contribution in [2.45, 2.75) is 26.7 Å². The molecular weight excluding hydrogens is 226 g/mol. The first-order valence-electron chi connectivity index (χ1n) is 6.26. The zero-order valence-electron chi connectivity index (χ0n) is 11.9. The SMILES string of the molecule is CN=C(C1=C(N)CC/C(=C\N(C)C)C1=O)C(C)C. The van der Waals surface area contributed by atoms with Crippen LogP contribution in [0.3, 0.4) is 0 Å². The summed E-state index contributed by atoms with van der Waals surface area (Å²) < 4.78 is 0. The number of ketones is 1. The molecule has 2 N–H and O–H groups in total. The molecule has 1 rings (SSSR count). The Kier molecular flexibility index (Phi) is 4.70. The van der Waals surface area contributed by atoms with E-state index in [9.17, 15) is 4.79 Å². The molecule has 0 aromatic carbocycles. The third kappa shape index (κ3) is 3.00. The number of hydrogen-bond donors (Lipinski definition) is 1. The normalized spacial score (nSPS) is 20.0. The highest BCUT2D eigenvalue weighted by atomic mass is 16.1. The zero-order valence-corrected chi connectivity index (χ0v) is 11.9. The van der Waals surface area contributed by atoms with Crippen LogP contribution in [-0.2, 0) is 4.79 Å². The van der Waals surface area contributed by atoms with Crippen LogP contribution in [0.25, 0.3) is 0 Å². The van der Waals surface area contributed by atoms with Crippen LogP contribution in [0.1, 0.15) is 26.7 Å². The Morgan fingerprint density at radius 1 is 1.39 bits per heavy atom. The lowest BCUT2D eigenvalue weighted by atomic mass is 9.85. The van der Waals surface area contributed by atoms with Gasteiger partial charge in [-0.1, -0.05) is 13.8 Å². The molecule has 0 heterocycles. The molecule has 0 saturated carbocycles. The molecule has 1 aliphatic rings. The monoisotopic (exact) mass is 249 g/mol. The number of rotatable bonds is 3. The van der Waals surface area contributed by atoms with Crippen LogP contribution in [-0.4, -0.2) is 37.5 Å². The molecule has 1 aliphatic carbocycles. The van der Waals surface area contributed by atoms with Crippen LogP contribution in [0.2, 0.25) is 0 Å². The van der Waals surface area contributed by atoms with Gasteiger partial charge in [0.15, 0.2) is 5.78 Å². The fraction of sp³-hybridized carbons (Fsp3) is 0.571. The minimum Gasteiger partial charge on any atom is -0.401 e. The Morgan fingerprint density at radius 2 is 2.00 bits per heavy atom. The Hall–Kier alpha value is -1.58. The van der Waals surface area contributed by atoms with Crippen molar-refractivity contribution in [1.29, 1.82) is 0 Å². The molecule has 0 amide bonds. The van der Waals surface area contributed by atoms with E-state index in [1.165, 1.54) is 0 Å². The minimum absolute atomic E-state index is 0.0294. The number of aliphatic imine (C=N–C) groups is 1. The highest BCUT2D eigenvalue weighted by molar-refractivity contribution is 6.29. The van der Waals surface area contributed by atoms with Crippen molar-refractivity contribution in [3.63, 3.8) is 0 Å². The number of carbonyl (C=O) groups excluding carboxylic acids is 1. The Labute approximate surface area is 109 Å². The van der Waals surface area contributed by atoms with E-state index in [2.05, 4.69) is 4.99 Å². The molecule has 0 aromatic rings. The molecule has 4 nitrogen and oxygen atoms in total. The standard InChI is InChI=1S/C14H23N3O/c1-9(2)13(16-3)12-11(15)7-6-10(14(12)18)8-17(4)5/h8-9H,6-7,15H2,1-5H3/b10-8+,16-13?. The van der Waals surface area contributed by atoms with Gasteiger partial charge in [-0.25, -0.2) is 0 Å². The summed E-state index contributed by atoms with van der Waals surface area (Å²) in [5.41, 5.74) is 8.92. The fourth-order valence-corrected chi connectivity index (χ4v) is 2.19. The third-order valence-corrected chi connectivity index (χ3v) is 2.96. The largest absolute Gasteiger partial charge is 0.401 e. The van der Waals surface area contributed by atoms with Gasteiger partial charge in [-0.2, -0.15) is 0 Å². The van der Waals surface area contributed by atoms with Crippen LogP contribution in [0.4, 0.5) is 0 Å². The molecule has 4 heteroatoms. The number of Topliss-reactive ketones (excluding diaryl/α,β-unsaturated/α-hetero) is 1. The van der Waals surface area contributed by atoms with Crippen LogP contribution < -0.4 is 5.73 Å². The zero-order chi connectivity index (χ0) is 13.9. The molecule has 100 valence electrons. The Morgan fingerprint density at radius 3 is 2.44 bits per heavy atom. The van der Waals surface area contributed by atoms with Crippen molar-refractivity contribution in [1.82, 2.24) is 4.90 Å². The van der Waals surface area contributed by atoms with E-state index in [0.29, 0.717) is 17.7 Å². The molecule has 0 unspecified atom stereocenters. The molecule has 0 atom stereocenters. The predicted octanol–water partition coefficient (Wildman–Crippen LogP) is 1.73. The van der Waals surface area contributed by atoms with Crippen molar-refractivity contribution >= 4 is 11.5 Å². The average molecular weight is 249 g/mol. The first-order chi connectivity index (χ1) is 8.38. The van der Waals surface area contributed by atoms with Gasteiger partial charge < -0.3 is 10.6 Å². The summed E-state index contributed by atoms with van der Waals surface area (Å²) >= 11 is 0. The summed E-state index contributed by atoms with van der Waals surface area (Å²) in [5.74, 6) is 0.230. The van der Waals surface area contributed by atoms with Gasteiger partial charge in [0.25, 0.3) is 0 Å². The molecule has 0 aliphatic heterocycles. The number of hydrogen-bond acceptors (Lipinski definition) is 4. The quantitative estimate of drug-likeness (QED) is 0.612. The van der Waals surface area contributed by atoms with E-state index in [-0.39, 0.29) is 11.7 Å². The fourth-order valence-electron chi connectivity index (χ4n) is 2.19. The van der Waals surface area contributed by atoms with Crippen LogP contribution in [0.5, 0.6) is 0 Å². The van der Waals surface area contributed by atoms with E-state index in [0.717, 1.165) is 17.7 Å². The van der Waals surface area contributed by atoms with Gasteiger partial charge >= 0.3 is 0 Å². The van der Waals surface area contributed by atoms with Crippen molar-refractivity contribution in [3.8, 4) is 0 Å². The van der Waals surface area contributed by atoms with E-state index in [1.807, 2.05) is 39.0 Å². The lowest BCUT2D eigenvalue weighted by Crippen LogP contribution is -2.28. The van der Waals surface area contributed by atoms with E-state index in [1.54, 1.807) is 7.05 Å². The summed E-state index contributed by atoms with van der Waals surface area (Å²) in [5, 5.41) is 0. The van der Waals surface area contributed by atoms with Crippen molar-refractivity contribution in [2.24, 2.45) is 16.6 Å². The lowest BCUT2D eigenvalue weighted by molar-refractivity contribution is -0.112. The third-order valence-electron chi connectivity index (χ3n) is 2.96. The molecule has 0 aromatic heterocycles. The van der Waals surface area contributed by atoms with Crippen LogP contribution in [0, 0.1) is 5.92 Å². The summed E-state index contributed by atoms with van der Waals surface area (Å²) in [7, 11) is 5.55. The predicted molar refractivity (Wildman–Crippen MR) is 75.4 cm³/mol. The molecule has 18 heavy (non-hydrogen) atoms. The molecule has 0 radical (unpaired) electrons. The average Bonchev–Trinajstić information content (AvgIpc) is 2.27. The van der Waals surface area contributed by atoms with E-state index < -0.39 is 0 Å². The maximum atomic E-state index is 12.5. The number of carbonyl (C=O) groups is 1. The summed E-state index contributed by atoms with van der Waals surface area (Å²) in [6.07, 6.45) is 3.32. The number of nitrogens with two attached hydrogens (primary N) is 1. The topological polar surface area (TPSA) is 58.7 Å². The van der Waals surface area contributed by atoms with Gasteiger partial charge in [0.1, 0.15) is 0 Å². The smallest absolute Gasteiger partial charge is 0.194 e. The van der Waals surface area contributed by atoms with Crippen molar-refractivity contribution in [2.75, 3.05) is 21.1 Å². The maximum absolute atomic E-state index is 12.5. The Balaban J connectivity index is 3.21. The van der Waals surface area contributed by atoms with Crippen LogP contribution in [0.15, 0.2) is 28.0 Å². The summed E-state index contributed by atoms with van der Waals surface area (Å²) in [6.45, 7) is 4.06. The number of allylic oxidation sites excluding steroid dienone is 3. The second-order valence-electron chi connectivity index (χ2n) is 5.11. The second-order valence-corrected chi connectivity index (χ2v) is 5.11. The maximum Gasteiger partial charge on any atom is 0.194 e.